The Morgan fingerprint density at radius 1 is 1.33 bits per heavy atom. The van der Waals surface area contributed by atoms with Crippen LogP contribution in [0.5, 0.6) is 0 Å². The monoisotopic (exact) mass is 287 g/mol. The summed E-state index contributed by atoms with van der Waals surface area (Å²) < 4.78 is 0. The number of hydrogen-bond donors (Lipinski definition) is 4. The Balaban J connectivity index is 1.95. The van der Waals surface area contributed by atoms with Crippen molar-refractivity contribution in [1.82, 2.24) is 20.8 Å². The molecule has 2 rings (SSSR count). The Kier molecular flexibility index (Phi) is 4.55. The van der Waals surface area contributed by atoms with Gasteiger partial charge in [0.1, 0.15) is 0 Å². The number of aromatic amines is 1. The highest BCUT2D eigenvalue weighted by Crippen LogP contribution is 2.11. The number of nitrogens with two attached hydrogens (primary N) is 1. The van der Waals surface area contributed by atoms with Crippen LogP contribution in [0.3, 0.4) is 0 Å². The number of amides is 3. The Morgan fingerprint density at radius 2 is 2.05 bits per heavy atom. The van der Waals surface area contributed by atoms with Gasteiger partial charge in [0.2, 0.25) is 0 Å². The molecule has 0 aliphatic heterocycles. The minimum absolute atomic E-state index is 0.132. The maximum Gasteiger partial charge on any atom is 0.312 e. The van der Waals surface area contributed by atoms with Crippen molar-refractivity contribution < 1.29 is 9.59 Å². The first kappa shape index (κ1) is 14.6. The zero-order chi connectivity index (χ0) is 15.2. The van der Waals surface area contributed by atoms with Gasteiger partial charge in [0.25, 0.3) is 5.91 Å². The fraction of sp³-hybridized carbons (Fsp3) is 0.214. The first-order valence-corrected chi connectivity index (χ1v) is 6.48. The first-order chi connectivity index (χ1) is 10.1. The van der Waals surface area contributed by atoms with Crippen molar-refractivity contribution in [1.29, 1.82) is 0 Å². The number of benzene rings is 1. The van der Waals surface area contributed by atoms with Gasteiger partial charge in [-0.05, 0) is 24.6 Å². The molecule has 1 aromatic heterocycles. The highest BCUT2D eigenvalue weighted by atomic mass is 16.2. The van der Waals surface area contributed by atoms with E-state index >= 15 is 0 Å². The predicted molar refractivity (Wildman–Crippen MR) is 77.3 cm³/mol. The van der Waals surface area contributed by atoms with Crippen molar-refractivity contribution in [3.8, 4) is 0 Å². The lowest BCUT2D eigenvalue weighted by Crippen LogP contribution is -2.28. The standard InChI is InChI=1S/C14H17N5O2/c1-9(12-7-17-18-8-12)19-13(20)11-4-2-10(3-5-11)6-16-14(15)21/h2-5,7-9H,6H2,1H3,(H,17,18)(H,19,20)(H3,15,16,21). The molecule has 0 fully saturated rings. The van der Waals surface area contributed by atoms with Gasteiger partial charge in [0, 0.05) is 23.9 Å². The number of H-pyrrole nitrogens is 1. The highest BCUT2D eigenvalue weighted by Gasteiger charge is 2.12. The number of urea groups is 1. The van der Waals surface area contributed by atoms with Gasteiger partial charge in [0.15, 0.2) is 0 Å². The third kappa shape index (κ3) is 4.07. The lowest BCUT2D eigenvalue weighted by Gasteiger charge is -2.12. The molecule has 0 saturated carbocycles. The zero-order valence-corrected chi connectivity index (χ0v) is 11.6. The van der Waals surface area contributed by atoms with Crippen LogP contribution in [0.15, 0.2) is 36.7 Å². The summed E-state index contributed by atoms with van der Waals surface area (Å²) in [4.78, 5) is 22.7. The number of carbonyl (C=O) groups excluding carboxylic acids is 2. The minimum atomic E-state index is -0.578. The normalized spacial score (nSPS) is 11.7. The summed E-state index contributed by atoms with van der Waals surface area (Å²) >= 11 is 0. The molecule has 3 amide bonds. The van der Waals surface area contributed by atoms with Crippen LogP contribution in [0, 0.1) is 0 Å². The molecule has 5 N–H and O–H groups in total. The molecule has 1 aromatic carbocycles. The molecule has 2 aromatic rings. The van der Waals surface area contributed by atoms with E-state index in [0.29, 0.717) is 12.1 Å². The van der Waals surface area contributed by atoms with Crippen LogP contribution in [0.25, 0.3) is 0 Å². The molecular formula is C14H17N5O2. The fourth-order valence-electron chi connectivity index (χ4n) is 1.82. The summed E-state index contributed by atoms with van der Waals surface area (Å²) in [6.45, 7) is 2.22. The van der Waals surface area contributed by atoms with Crippen molar-refractivity contribution in [2.45, 2.75) is 19.5 Å². The summed E-state index contributed by atoms with van der Waals surface area (Å²) in [6.07, 6.45) is 3.41. The largest absolute Gasteiger partial charge is 0.352 e. The average Bonchev–Trinajstić information content (AvgIpc) is 3.00. The van der Waals surface area contributed by atoms with Crippen LogP contribution in [-0.2, 0) is 6.54 Å². The van der Waals surface area contributed by atoms with Gasteiger partial charge in [-0.2, -0.15) is 5.10 Å². The van der Waals surface area contributed by atoms with Gasteiger partial charge in [-0.1, -0.05) is 12.1 Å². The van der Waals surface area contributed by atoms with E-state index in [4.69, 9.17) is 5.73 Å². The predicted octanol–water partition coefficient (Wildman–Crippen LogP) is 1.07. The highest BCUT2D eigenvalue weighted by molar-refractivity contribution is 5.94. The van der Waals surface area contributed by atoms with Crippen molar-refractivity contribution >= 4 is 11.9 Å². The number of hydrogen-bond acceptors (Lipinski definition) is 3. The zero-order valence-electron chi connectivity index (χ0n) is 11.6. The van der Waals surface area contributed by atoms with E-state index in [0.717, 1.165) is 11.1 Å². The van der Waals surface area contributed by atoms with Crippen molar-refractivity contribution in [3.63, 3.8) is 0 Å². The summed E-state index contributed by atoms with van der Waals surface area (Å²) in [6, 6.07) is 6.24. The molecule has 0 bridgehead atoms. The van der Waals surface area contributed by atoms with Crippen LogP contribution in [0.1, 0.15) is 34.5 Å². The lowest BCUT2D eigenvalue weighted by molar-refractivity contribution is 0.0940. The smallest absolute Gasteiger partial charge is 0.312 e. The molecule has 0 radical (unpaired) electrons. The molecule has 7 nitrogen and oxygen atoms in total. The Morgan fingerprint density at radius 3 is 2.62 bits per heavy atom. The quantitative estimate of drug-likeness (QED) is 0.659. The van der Waals surface area contributed by atoms with E-state index in [-0.39, 0.29) is 11.9 Å². The third-order valence-electron chi connectivity index (χ3n) is 3.05. The van der Waals surface area contributed by atoms with E-state index in [1.807, 2.05) is 6.92 Å². The number of primary amides is 1. The number of aromatic nitrogens is 2. The third-order valence-corrected chi connectivity index (χ3v) is 3.05. The van der Waals surface area contributed by atoms with E-state index < -0.39 is 6.03 Å². The molecule has 1 unspecified atom stereocenters. The van der Waals surface area contributed by atoms with Crippen LogP contribution in [0.4, 0.5) is 4.79 Å². The SMILES string of the molecule is CC(NC(=O)c1ccc(CNC(N)=O)cc1)c1cn[nH]c1. The fourth-order valence-corrected chi connectivity index (χ4v) is 1.82. The summed E-state index contributed by atoms with van der Waals surface area (Å²) in [7, 11) is 0. The number of rotatable bonds is 5. The maximum atomic E-state index is 12.1. The van der Waals surface area contributed by atoms with Gasteiger partial charge in [0.05, 0.1) is 12.2 Å². The minimum Gasteiger partial charge on any atom is -0.352 e. The molecule has 0 saturated heterocycles. The Hall–Kier alpha value is -2.83. The number of nitrogens with one attached hydrogen (secondary N) is 3. The van der Waals surface area contributed by atoms with E-state index in [1.165, 1.54) is 0 Å². The van der Waals surface area contributed by atoms with Gasteiger partial charge in [-0.15, -0.1) is 0 Å². The lowest BCUT2D eigenvalue weighted by atomic mass is 10.1. The second-order valence-electron chi connectivity index (χ2n) is 4.64. The van der Waals surface area contributed by atoms with E-state index in [9.17, 15) is 9.59 Å². The summed E-state index contributed by atoms with van der Waals surface area (Å²) in [5.41, 5.74) is 7.32. The molecule has 0 aliphatic rings. The molecule has 0 aliphatic carbocycles. The number of nitrogens with zero attached hydrogens (tertiary/aromatic N) is 1. The van der Waals surface area contributed by atoms with Crippen LogP contribution < -0.4 is 16.4 Å². The van der Waals surface area contributed by atoms with Crippen molar-refractivity contribution in [3.05, 3.63) is 53.3 Å². The molecule has 0 spiro atoms. The Labute approximate surface area is 121 Å². The molecule has 1 atom stereocenters. The second kappa shape index (κ2) is 6.56. The first-order valence-electron chi connectivity index (χ1n) is 6.48. The Bertz CT molecular complexity index is 607. The van der Waals surface area contributed by atoms with E-state index in [2.05, 4.69) is 20.8 Å². The molecule has 110 valence electrons. The van der Waals surface area contributed by atoms with Crippen LogP contribution in [-0.4, -0.2) is 22.1 Å². The number of carbonyl (C=O) groups is 2. The molecule has 21 heavy (non-hydrogen) atoms. The molecule has 7 heteroatoms. The second-order valence-corrected chi connectivity index (χ2v) is 4.64. The van der Waals surface area contributed by atoms with Crippen molar-refractivity contribution in [2.24, 2.45) is 5.73 Å². The van der Waals surface area contributed by atoms with Crippen molar-refractivity contribution in [2.75, 3.05) is 0 Å². The van der Waals surface area contributed by atoms with Gasteiger partial charge >= 0.3 is 6.03 Å². The molecule has 1 heterocycles. The summed E-state index contributed by atoms with van der Waals surface area (Å²) in [5.74, 6) is -0.168. The van der Waals surface area contributed by atoms with Crippen LogP contribution >= 0.6 is 0 Å². The van der Waals surface area contributed by atoms with Gasteiger partial charge in [-0.25, -0.2) is 4.79 Å². The summed E-state index contributed by atoms with van der Waals surface area (Å²) in [5, 5.41) is 11.9. The topological polar surface area (TPSA) is 113 Å². The van der Waals surface area contributed by atoms with Crippen LogP contribution in [0.2, 0.25) is 0 Å². The van der Waals surface area contributed by atoms with Gasteiger partial charge in [-0.3, -0.25) is 9.89 Å². The van der Waals surface area contributed by atoms with E-state index in [1.54, 1.807) is 36.7 Å². The maximum absolute atomic E-state index is 12.1. The average molecular weight is 287 g/mol. The van der Waals surface area contributed by atoms with Gasteiger partial charge < -0.3 is 16.4 Å². The molecular weight excluding hydrogens is 270 g/mol.